The van der Waals surface area contributed by atoms with Crippen LogP contribution >= 0.6 is 0 Å². The van der Waals surface area contributed by atoms with Gasteiger partial charge in [-0.05, 0) is 28.8 Å². The van der Waals surface area contributed by atoms with Gasteiger partial charge in [0.1, 0.15) is 5.75 Å². The number of methoxy groups -OCH3 is 1. The minimum absolute atomic E-state index is 0.178. The molecule has 1 heterocycles. The number of alkyl halides is 3. The van der Waals surface area contributed by atoms with Crippen molar-refractivity contribution < 1.29 is 26.3 Å². The van der Waals surface area contributed by atoms with E-state index in [1.807, 2.05) is 30.3 Å². The molecular formula is C17H14F3NO3S. The van der Waals surface area contributed by atoms with Crippen LogP contribution in [0.15, 0.2) is 61.0 Å². The fourth-order valence-corrected chi connectivity index (χ4v) is 3.34. The number of hydrogen-bond acceptors (Lipinski definition) is 3. The molecule has 0 saturated heterocycles. The molecule has 1 aliphatic heterocycles. The summed E-state index contributed by atoms with van der Waals surface area (Å²) in [4.78, 5) is 0. The summed E-state index contributed by atoms with van der Waals surface area (Å²) in [5.74, 6) is 0.352. The molecule has 0 unspecified atom stereocenters. The average Bonchev–Trinajstić information content (AvgIpc) is 2.86. The van der Waals surface area contributed by atoms with E-state index in [1.165, 1.54) is 12.2 Å². The van der Waals surface area contributed by atoms with Crippen LogP contribution in [0.25, 0.3) is 11.1 Å². The number of hydrogen-bond donors (Lipinski definition) is 0. The summed E-state index contributed by atoms with van der Waals surface area (Å²) in [5, 5.41) is 0. The zero-order valence-corrected chi connectivity index (χ0v) is 13.9. The van der Waals surface area contributed by atoms with Crippen molar-refractivity contribution in [3.8, 4) is 16.9 Å². The third kappa shape index (κ3) is 3.09. The lowest BCUT2D eigenvalue weighted by molar-refractivity contribution is -0.0468. The highest BCUT2D eigenvalue weighted by Crippen LogP contribution is 2.37. The lowest BCUT2D eigenvalue weighted by Gasteiger charge is -2.22. The normalized spacial score (nSPS) is 15.8. The molecule has 2 aliphatic carbocycles. The Balaban J connectivity index is 1.91. The van der Waals surface area contributed by atoms with Crippen LogP contribution in [0.1, 0.15) is 11.5 Å². The summed E-state index contributed by atoms with van der Waals surface area (Å²) in [6.45, 7) is 0. The second kappa shape index (κ2) is 6.11. The fourth-order valence-electron chi connectivity index (χ4n) is 2.64. The molecule has 25 heavy (non-hydrogen) atoms. The Labute approximate surface area is 143 Å². The molecule has 0 amide bonds. The third-order valence-corrected chi connectivity index (χ3v) is 5.33. The second-order valence-corrected chi connectivity index (χ2v) is 7.26. The van der Waals surface area contributed by atoms with Crippen molar-refractivity contribution in [1.82, 2.24) is 4.31 Å². The van der Waals surface area contributed by atoms with E-state index >= 15 is 0 Å². The first-order chi connectivity index (χ1) is 11.7. The maximum atomic E-state index is 12.6. The van der Waals surface area contributed by atoms with Gasteiger partial charge in [-0.15, -0.1) is 0 Å². The van der Waals surface area contributed by atoms with Crippen LogP contribution in [0.2, 0.25) is 0 Å². The zero-order chi connectivity index (χ0) is 18.2. The molecule has 8 heteroatoms. The fraction of sp³-hybridized carbons (Fsp3) is 0.176. The molecule has 0 spiro atoms. The molecule has 0 atom stereocenters. The van der Waals surface area contributed by atoms with Gasteiger partial charge < -0.3 is 4.74 Å². The number of fused-ring (bicyclic) bond motifs is 1. The summed E-state index contributed by atoms with van der Waals surface area (Å²) in [5.41, 5.74) is -2.61. The second-order valence-electron chi connectivity index (χ2n) is 5.42. The van der Waals surface area contributed by atoms with Crippen LogP contribution in [-0.2, 0) is 10.0 Å². The largest absolute Gasteiger partial charge is 0.517 e. The van der Waals surface area contributed by atoms with Gasteiger partial charge in [0, 0.05) is 18.3 Å². The van der Waals surface area contributed by atoms with E-state index in [1.54, 1.807) is 13.2 Å². The summed E-state index contributed by atoms with van der Waals surface area (Å²) in [6.07, 6.45) is 4.69. The topological polar surface area (TPSA) is 46.6 Å². The van der Waals surface area contributed by atoms with E-state index in [9.17, 15) is 21.6 Å². The molecule has 0 radical (unpaired) electrons. The highest BCUT2D eigenvalue weighted by Gasteiger charge is 2.49. The predicted octanol–water partition coefficient (Wildman–Crippen LogP) is 4.08. The Morgan fingerprint density at radius 2 is 1.60 bits per heavy atom. The third-order valence-electron chi connectivity index (χ3n) is 3.95. The van der Waals surface area contributed by atoms with Crippen molar-refractivity contribution in [1.29, 1.82) is 0 Å². The molecule has 3 rings (SSSR count). The first kappa shape index (κ1) is 17.3. The minimum atomic E-state index is -5.41. The molecule has 0 aromatic rings. The lowest BCUT2D eigenvalue weighted by atomic mass is 9.96. The highest BCUT2D eigenvalue weighted by molar-refractivity contribution is 7.90. The van der Waals surface area contributed by atoms with Crippen LogP contribution in [-0.4, -0.2) is 25.3 Å². The molecular weight excluding hydrogens is 355 g/mol. The minimum Gasteiger partial charge on any atom is -0.497 e. The Bertz CT molecular complexity index is 905. The average molecular weight is 369 g/mol. The Morgan fingerprint density at radius 1 is 1.00 bits per heavy atom. The van der Waals surface area contributed by atoms with Gasteiger partial charge in [0.25, 0.3) is 0 Å². The number of sulfonamides is 1. The number of ether oxygens (including phenoxy) is 1. The molecule has 0 N–H and O–H groups in total. The SMILES string of the molecule is COc1ccc2ccc(C3C=CN(S(=O)(=O)C(F)(F)F)C=C3)c-2cc1. The van der Waals surface area contributed by atoms with Gasteiger partial charge >= 0.3 is 15.5 Å². The molecule has 4 nitrogen and oxygen atoms in total. The van der Waals surface area contributed by atoms with Crippen molar-refractivity contribution in [3.63, 3.8) is 0 Å². The first-order valence-corrected chi connectivity index (χ1v) is 8.71. The highest BCUT2D eigenvalue weighted by atomic mass is 32.2. The zero-order valence-electron chi connectivity index (χ0n) is 13.1. The van der Waals surface area contributed by atoms with Gasteiger partial charge in [-0.1, -0.05) is 36.4 Å². The van der Waals surface area contributed by atoms with Gasteiger partial charge in [-0.2, -0.15) is 21.6 Å². The van der Waals surface area contributed by atoms with Gasteiger partial charge in [0.05, 0.1) is 7.11 Å². The van der Waals surface area contributed by atoms with E-state index in [4.69, 9.17) is 4.74 Å². The monoisotopic (exact) mass is 369 g/mol. The smallest absolute Gasteiger partial charge is 0.497 e. The summed E-state index contributed by atoms with van der Waals surface area (Å²) < 4.78 is 66.0. The summed E-state index contributed by atoms with van der Waals surface area (Å²) in [6, 6.07) is 11.1. The van der Waals surface area contributed by atoms with E-state index in [0.29, 0.717) is 5.75 Å². The van der Waals surface area contributed by atoms with Crippen molar-refractivity contribution in [2.75, 3.05) is 7.11 Å². The molecule has 0 saturated carbocycles. The Kier molecular flexibility index (Phi) is 4.24. The maximum absolute atomic E-state index is 12.6. The van der Waals surface area contributed by atoms with Crippen LogP contribution in [0.5, 0.6) is 5.75 Å². The summed E-state index contributed by atoms with van der Waals surface area (Å²) in [7, 11) is -3.85. The first-order valence-electron chi connectivity index (χ1n) is 7.27. The quantitative estimate of drug-likeness (QED) is 0.819. The number of nitrogens with zero attached hydrogens (tertiary/aromatic N) is 1. The van der Waals surface area contributed by atoms with Crippen molar-refractivity contribution in [3.05, 3.63) is 66.5 Å². The van der Waals surface area contributed by atoms with E-state index in [2.05, 4.69) is 0 Å². The predicted molar refractivity (Wildman–Crippen MR) is 87.5 cm³/mol. The molecule has 0 aromatic heterocycles. The number of halogens is 3. The maximum Gasteiger partial charge on any atom is 0.517 e. The Hall–Kier alpha value is -2.48. The molecule has 3 aliphatic rings. The molecule has 0 bridgehead atoms. The standard InChI is InChI=1S/C17H14F3NO3S/c1-24-14-4-2-12-3-6-15(16(12)7-5-14)13-8-10-21(11-9-13)25(22,23)17(18,19)20/h2-11,13H,1H3. The van der Waals surface area contributed by atoms with Gasteiger partial charge in [-0.3, -0.25) is 0 Å². The van der Waals surface area contributed by atoms with Crippen LogP contribution in [0.3, 0.4) is 0 Å². The van der Waals surface area contributed by atoms with Gasteiger partial charge in [0.15, 0.2) is 0 Å². The molecule has 0 aromatic carbocycles. The number of rotatable bonds is 3. The van der Waals surface area contributed by atoms with Gasteiger partial charge in [0.2, 0.25) is 0 Å². The summed E-state index contributed by atoms with van der Waals surface area (Å²) >= 11 is 0. The van der Waals surface area contributed by atoms with Gasteiger partial charge in [-0.25, -0.2) is 4.31 Å². The van der Waals surface area contributed by atoms with Crippen molar-refractivity contribution in [2.24, 2.45) is 0 Å². The molecule has 0 fully saturated rings. The van der Waals surface area contributed by atoms with Crippen LogP contribution in [0, 0.1) is 0 Å². The van der Waals surface area contributed by atoms with E-state index in [-0.39, 0.29) is 10.2 Å². The van der Waals surface area contributed by atoms with Crippen LogP contribution < -0.4 is 4.74 Å². The van der Waals surface area contributed by atoms with E-state index in [0.717, 1.165) is 29.1 Å². The number of allylic oxidation sites excluding steroid dienone is 2. The van der Waals surface area contributed by atoms with Crippen molar-refractivity contribution >= 4 is 10.0 Å². The van der Waals surface area contributed by atoms with E-state index < -0.39 is 15.5 Å². The van der Waals surface area contributed by atoms with Crippen molar-refractivity contribution in [2.45, 2.75) is 11.4 Å². The lowest BCUT2D eigenvalue weighted by Crippen LogP contribution is -2.35. The molecule has 132 valence electrons. The van der Waals surface area contributed by atoms with Crippen LogP contribution in [0.4, 0.5) is 13.2 Å². The Morgan fingerprint density at radius 3 is 2.20 bits per heavy atom.